The van der Waals surface area contributed by atoms with Crippen molar-refractivity contribution in [1.29, 1.82) is 0 Å². The molecule has 2 aromatic carbocycles. The van der Waals surface area contributed by atoms with Crippen LogP contribution >= 0.6 is 27.7 Å². The van der Waals surface area contributed by atoms with Crippen LogP contribution in [0.3, 0.4) is 0 Å². The Morgan fingerprint density at radius 1 is 1.44 bits per heavy atom. The van der Waals surface area contributed by atoms with Gasteiger partial charge in [-0.05, 0) is 18.6 Å². The van der Waals surface area contributed by atoms with Gasteiger partial charge in [-0.15, -0.1) is 5.10 Å². The van der Waals surface area contributed by atoms with E-state index in [2.05, 4.69) is 26.1 Å². The molecule has 2 rings (SSSR count). The molecule has 0 aliphatic heterocycles. The van der Waals surface area contributed by atoms with E-state index in [1.807, 2.05) is 30.3 Å². The molecule has 0 aromatic heterocycles. The number of thioether (sulfide) groups is 1. The zero-order valence-electron chi connectivity index (χ0n) is 13.2. The average molecular weight is 423 g/mol. The second kappa shape index (κ2) is 8.63. The van der Waals surface area contributed by atoms with Crippen LogP contribution in [-0.4, -0.2) is 21.4 Å². The van der Waals surface area contributed by atoms with E-state index in [1.54, 1.807) is 6.92 Å². The molecule has 0 radical (unpaired) electrons. The van der Waals surface area contributed by atoms with Gasteiger partial charge in [0, 0.05) is 21.4 Å². The molecule has 0 aliphatic carbocycles. The van der Waals surface area contributed by atoms with Crippen molar-refractivity contribution in [2.24, 2.45) is 15.9 Å². The van der Waals surface area contributed by atoms with E-state index in [-0.39, 0.29) is 16.4 Å². The first-order chi connectivity index (χ1) is 11.9. The number of nitro benzene ring substituents is 1. The molecule has 0 aliphatic rings. The van der Waals surface area contributed by atoms with Crippen molar-refractivity contribution in [2.45, 2.75) is 12.7 Å². The summed E-state index contributed by atoms with van der Waals surface area (Å²) in [6.45, 7) is 1.54. The Labute approximate surface area is 156 Å². The highest BCUT2D eigenvalue weighted by Crippen LogP contribution is 2.37. The quantitative estimate of drug-likeness (QED) is 0.327. The summed E-state index contributed by atoms with van der Waals surface area (Å²) in [5.74, 6) is 0.193. The highest BCUT2D eigenvalue weighted by molar-refractivity contribution is 9.10. The van der Waals surface area contributed by atoms with Crippen molar-refractivity contribution >= 4 is 44.8 Å². The number of nitro groups is 1. The number of nitrogens with two attached hydrogens (primary N) is 1. The third-order valence-corrected chi connectivity index (χ3v) is 4.94. The first kappa shape index (κ1) is 18.9. The number of amidine groups is 1. The van der Waals surface area contributed by atoms with Crippen LogP contribution in [-0.2, 0) is 5.75 Å². The number of phenols is 1. The predicted molar refractivity (Wildman–Crippen MR) is 104 cm³/mol. The Balaban J connectivity index is 2.12. The SMILES string of the molecule is Cc1c(Br)cc(C=NN=C(N)SCc2ccccc2)c(O)c1[N+](=O)[O-]. The molecule has 0 spiro atoms. The summed E-state index contributed by atoms with van der Waals surface area (Å²) in [7, 11) is 0. The van der Waals surface area contributed by atoms with Crippen molar-refractivity contribution in [3.05, 3.63) is 67.7 Å². The lowest BCUT2D eigenvalue weighted by Crippen LogP contribution is -2.06. The maximum atomic E-state index is 11.1. The minimum Gasteiger partial charge on any atom is -0.502 e. The minimum atomic E-state index is -0.639. The highest BCUT2D eigenvalue weighted by atomic mass is 79.9. The second-order valence-electron chi connectivity index (χ2n) is 4.98. The van der Waals surface area contributed by atoms with Crippen LogP contribution < -0.4 is 5.73 Å². The van der Waals surface area contributed by atoms with E-state index in [0.717, 1.165) is 5.56 Å². The van der Waals surface area contributed by atoms with Gasteiger partial charge in [0.2, 0.25) is 5.75 Å². The zero-order valence-corrected chi connectivity index (χ0v) is 15.6. The van der Waals surface area contributed by atoms with E-state index >= 15 is 0 Å². The van der Waals surface area contributed by atoms with Crippen LogP contribution in [0.5, 0.6) is 5.75 Å². The molecule has 0 amide bonds. The second-order valence-corrected chi connectivity index (χ2v) is 6.83. The lowest BCUT2D eigenvalue weighted by molar-refractivity contribution is -0.386. The maximum Gasteiger partial charge on any atom is 0.315 e. The van der Waals surface area contributed by atoms with Gasteiger partial charge in [-0.2, -0.15) is 5.10 Å². The van der Waals surface area contributed by atoms with Crippen LogP contribution in [0.15, 0.2) is 51.1 Å². The Hall–Kier alpha value is -2.39. The van der Waals surface area contributed by atoms with Gasteiger partial charge >= 0.3 is 5.69 Å². The predicted octanol–water partition coefficient (Wildman–Crippen LogP) is 3.95. The maximum absolute atomic E-state index is 11.1. The Bertz CT molecular complexity index is 841. The number of rotatable bonds is 5. The van der Waals surface area contributed by atoms with Crippen molar-refractivity contribution in [3.63, 3.8) is 0 Å². The fourth-order valence-corrected chi connectivity index (χ4v) is 3.02. The number of hydrogen-bond donors (Lipinski definition) is 2. The number of phenolic OH excluding ortho intramolecular Hbond substituents is 1. The van der Waals surface area contributed by atoms with Gasteiger partial charge in [-0.1, -0.05) is 58.0 Å². The molecule has 0 saturated heterocycles. The molecule has 25 heavy (non-hydrogen) atoms. The number of benzene rings is 2. The van der Waals surface area contributed by atoms with Gasteiger partial charge in [0.05, 0.1) is 11.1 Å². The van der Waals surface area contributed by atoms with E-state index < -0.39 is 10.7 Å². The summed E-state index contributed by atoms with van der Waals surface area (Å²) < 4.78 is 0.494. The van der Waals surface area contributed by atoms with Crippen molar-refractivity contribution in [3.8, 4) is 5.75 Å². The normalized spacial score (nSPS) is 11.8. The molecular weight excluding hydrogens is 408 g/mol. The first-order valence-corrected chi connectivity index (χ1v) is 8.87. The van der Waals surface area contributed by atoms with Gasteiger partial charge < -0.3 is 10.8 Å². The third-order valence-electron chi connectivity index (χ3n) is 3.26. The smallest absolute Gasteiger partial charge is 0.315 e. The Kier molecular flexibility index (Phi) is 6.54. The van der Waals surface area contributed by atoms with Crippen LogP contribution in [0, 0.1) is 17.0 Å². The summed E-state index contributed by atoms with van der Waals surface area (Å²) in [6, 6.07) is 11.3. The van der Waals surface area contributed by atoms with Crippen molar-refractivity contribution in [2.75, 3.05) is 0 Å². The van der Waals surface area contributed by atoms with Crippen molar-refractivity contribution in [1.82, 2.24) is 0 Å². The lowest BCUT2D eigenvalue weighted by Gasteiger charge is -2.05. The van der Waals surface area contributed by atoms with E-state index in [4.69, 9.17) is 5.73 Å². The molecule has 3 N–H and O–H groups in total. The zero-order chi connectivity index (χ0) is 18.4. The Morgan fingerprint density at radius 3 is 2.76 bits per heavy atom. The Morgan fingerprint density at radius 2 is 2.12 bits per heavy atom. The molecule has 0 bridgehead atoms. The minimum absolute atomic E-state index is 0.175. The number of aromatic hydroxyl groups is 1. The standard InChI is InChI=1S/C16H15BrN4O3S/c1-10-13(17)7-12(15(22)14(10)21(23)24)8-19-20-16(18)25-9-11-5-3-2-4-6-11/h2-8,22H,9H2,1H3,(H2,18,20). The van der Waals surface area contributed by atoms with Crippen molar-refractivity contribution < 1.29 is 10.0 Å². The number of halogens is 1. The van der Waals surface area contributed by atoms with Gasteiger partial charge in [-0.25, -0.2) is 0 Å². The fraction of sp³-hybridized carbons (Fsp3) is 0.125. The fourth-order valence-electron chi connectivity index (χ4n) is 1.97. The molecule has 130 valence electrons. The van der Waals surface area contributed by atoms with Crippen LogP contribution in [0.25, 0.3) is 0 Å². The largest absolute Gasteiger partial charge is 0.502 e. The van der Waals surface area contributed by atoms with E-state index in [9.17, 15) is 15.2 Å². The lowest BCUT2D eigenvalue weighted by atomic mass is 10.1. The summed E-state index contributed by atoms with van der Waals surface area (Å²) in [5.41, 5.74) is 7.02. The molecule has 7 nitrogen and oxygen atoms in total. The van der Waals surface area contributed by atoms with Gasteiger partial charge in [-0.3, -0.25) is 10.1 Å². The van der Waals surface area contributed by atoms with E-state index in [0.29, 0.717) is 15.8 Å². The molecule has 2 aromatic rings. The number of nitrogens with zero attached hydrogens (tertiary/aromatic N) is 3. The third kappa shape index (κ3) is 5.04. The summed E-state index contributed by atoms with van der Waals surface area (Å²) in [6.07, 6.45) is 1.22. The van der Waals surface area contributed by atoms with E-state index in [1.165, 1.54) is 24.0 Å². The first-order valence-electron chi connectivity index (χ1n) is 7.09. The van der Waals surface area contributed by atoms with Crippen LogP contribution in [0.1, 0.15) is 16.7 Å². The molecule has 9 heteroatoms. The monoisotopic (exact) mass is 422 g/mol. The highest BCUT2D eigenvalue weighted by Gasteiger charge is 2.22. The summed E-state index contributed by atoms with van der Waals surface area (Å²) >= 11 is 4.55. The molecule has 0 saturated carbocycles. The molecular formula is C16H15BrN4O3S. The van der Waals surface area contributed by atoms with Gasteiger partial charge in [0.15, 0.2) is 5.17 Å². The van der Waals surface area contributed by atoms with Gasteiger partial charge in [0.1, 0.15) is 0 Å². The number of hydrogen-bond acceptors (Lipinski definition) is 6. The molecule has 0 unspecified atom stereocenters. The molecule has 0 heterocycles. The van der Waals surface area contributed by atoms with Crippen LogP contribution in [0.2, 0.25) is 0 Å². The van der Waals surface area contributed by atoms with Gasteiger partial charge in [0.25, 0.3) is 0 Å². The summed E-state index contributed by atoms with van der Waals surface area (Å²) in [4.78, 5) is 10.4. The van der Waals surface area contributed by atoms with Crippen LogP contribution in [0.4, 0.5) is 5.69 Å². The average Bonchev–Trinajstić information content (AvgIpc) is 2.58. The molecule has 0 fully saturated rings. The molecule has 0 atom stereocenters. The summed E-state index contributed by atoms with van der Waals surface area (Å²) in [5, 5.41) is 29.0. The topological polar surface area (TPSA) is 114 Å².